The van der Waals surface area contributed by atoms with E-state index in [1.165, 1.54) is 21.0 Å². The van der Waals surface area contributed by atoms with Crippen molar-refractivity contribution in [3.8, 4) is 0 Å². The molecule has 0 bridgehead atoms. The molecule has 2 rings (SSSR count). The Morgan fingerprint density at radius 3 is 1.85 bits per heavy atom. The van der Waals surface area contributed by atoms with Gasteiger partial charge in [0.15, 0.2) is 6.79 Å². The molecule has 0 aliphatic heterocycles. The highest BCUT2D eigenvalue weighted by Crippen LogP contribution is 2.25. The van der Waals surface area contributed by atoms with Gasteiger partial charge >= 0.3 is 23.9 Å². The highest BCUT2D eigenvalue weighted by molar-refractivity contribution is 5.89. The summed E-state index contributed by atoms with van der Waals surface area (Å²) in [4.78, 5) is 53.5. The Morgan fingerprint density at radius 1 is 0.875 bits per heavy atom. The first-order valence-corrected chi connectivity index (χ1v) is 12.3. The van der Waals surface area contributed by atoms with Crippen molar-refractivity contribution in [2.45, 2.75) is 52.0 Å². The third kappa shape index (κ3) is 14.4. The molecule has 0 aromatic heterocycles. The van der Waals surface area contributed by atoms with Crippen LogP contribution in [0.5, 0.6) is 0 Å². The zero-order valence-electron chi connectivity index (χ0n) is 23.5. The maximum atomic E-state index is 11.5. The number of hydrogen-bond acceptors (Lipinski definition) is 8. The highest BCUT2D eigenvalue weighted by atomic mass is 16.6. The van der Waals surface area contributed by atoms with Crippen LogP contribution in [0.2, 0.25) is 0 Å². The molecule has 0 aliphatic carbocycles. The molecule has 2 aromatic rings. The lowest BCUT2D eigenvalue weighted by Crippen LogP contribution is -2.10. The van der Waals surface area contributed by atoms with Crippen LogP contribution in [0.1, 0.15) is 83.8 Å². The van der Waals surface area contributed by atoms with E-state index in [1.807, 2.05) is 12.1 Å². The van der Waals surface area contributed by atoms with E-state index in [-0.39, 0.29) is 23.7 Å². The van der Waals surface area contributed by atoms with Crippen LogP contribution in [0.15, 0.2) is 73.8 Å². The zero-order chi connectivity index (χ0) is 30.7. The number of hydrogen-bond donors (Lipinski definition) is 1. The summed E-state index contributed by atoms with van der Waals surface area (Å²) in [5, 5.41) is 0. The highest BCUT2D eigenvalue weighted by Gasteiger charge is 2.17. The Bertz CT molecular complexity index is 1190. The minimum atomic E-state index is -0.562. The van der Waals surface area contributed by atoms with Gasteiger partial charge in [0.2, 0.25) is 0 Å². The number of esters is 3. The van der Waals surface area contributed by atoms with Crippen molar-refractivity contribution in [3.05, 3.63) is 96.1 Å². The Labute approximate surface area is 235 Å². The Balaban J connectivity index is 0.000000624. The van der Waals surface area contributed by atoms with Gasteiger partial charge in [-0.2, -0.15) is 0 Å². The first kappa shape index (κ1) is 35.5. The fourth-order valence-electron chi connectivity index (χ4n) is 3.42. The molecule has 40 heavy (non-hydrogen) atoms. The van der Waals surface area contributed by atoms with E-state index in [9.17, 15) is 24.0 Å². The summed E-state index contributed by atoms with van der Waals surface area (Å²) < 4.78 is 13.0. The van der Waals surface area contributed by atoms with Gasteiger partial charge in [-0.1, -0.05) is 36.4 Å². The summed E-state index contributed by atoms with van der Waals surface area (Å²) in [7, 11) is 1.35. The molecular formula is C31H38NO8+. The average molecular weight is 553 g/mol. The van der Waals surface area contributed by atoms with E-state index >= 15 is 0 Å². The second-order valence-electron chi connectivity index (χ2n) is 8.52. The van der Waals surface area contributed by atoms with Crippen molar-refractivity contribution in [1.29, 1.82) is 0 Å². The van der Waals surface area contributed by atoms with E-state index in [0.717, 1.165) is 11.1 Å². The molecule has 0 amide bonds. The molecule has 2 atom stereocenters. The molecular weight excluding hydrogens is 514 g/mol. The minimum absolute atomic E-state index is 0.0737. The second-order valence-corrected chi connectivity index (χ2v) is 8.52. The van der Waals surface area contributed by atoms with E-state index < -0.39 is 17.9 Å². The fourth-order valence-corrected chi connectivity index (χ4v) is 3.42. The van der Waals surface area contributed by atoms with Crippen molar-refractivity contribution in [2.24, 2.45) is 5.73 Å². The first-order chi connectivity index (χ1) is 18.9. The molecule has 0 unspecified atom stereocenters. The summed E-state index contributed by atoms with van der Waals surface area (Å²) in [5.41, 5.74) is 8.70. The maximum Gasteiger partial charge on any atom is 0.612 e. The predicted octanol–water partition coefficient (Wildman–Crippen LogP) is 4.98. The summed E-state index contributed by atoms with van der Waals surface area (Å²) >= 11 is 0. The van der Waals surface area contributed by atoms with Crippen LogP contribution in [-0.2, 0) is 28.3 Å². The van der Waals surface area contributed by atoms with Gasteiger partial charge in [0.05, 0.1) is 17.5 Å². The van der Waals surface area contributed by atoms with Crippen LogP contribution >= 0.6 is 0 Å². The normalized spacial score (nSPS) is 11.0. The molecule has 9 nitrogen and oxygen atoms in total. The molecule has 9 heteroatoms. The Morgan fingerprint density at radius 2 is 1.40 bits per heavy atom. The van der Waals surface area contributed by atoms with Crippen molar-refractivity contribution in [2.75, 3.05) is 7.11 Å². The van der Waals surface area contributed by atoms with E-state index in [0.29, 0.717) is 30.4 Å². The zero-order valence-corrected chi connectivity index (χ0v) is 23.5. The maximum absolute atomic E-state index is 11.5. The van der Waals surface area contributed by atoms with Crippen LogP contribution in [-0.4, -0.2) is 43.6 Å². The van der Waals surface area contributed by atoms with Crippen molar-refractivity contribution >= 4 is 36.4 Å². The van der Waals surface area contributed by atoms with Crippen molar-refractivity contribution in [3.63, 3.8) is 0 Å². The average Bonchev–Trinajstić information content (AvgIpc) is 2.92. The van der Waals surface area contributed by atoms with Gasteiger partial charge in [-0.15, -0.1) is 13.2 Å². The quantitative estimate of drug-likeness (QED) is 0.188. The monoisotopic (exact) mass is 552 g/mol. The molecule has 0 aliphatic rings. The minimum Gasteiger partial charge on any atom is -0.465 e. The number of Topliss-reactive ketones (excluding diaryl/α,β-unsaturated/α-hetero) is 1. The number of benzene rings is 2. The first-order valence-electron chi connectivity index (χ1n) is 12.3. The number of nitrogens with two attached hydrogens (primary N) is 1. The fraction of sp³-hybridized carbons (Fsp3) is 0.290. The Hall–Kier alpha value is -4.50. The van der Waals surface area contributed by atoms with Gasteiger partial charge in [-0.3, -0.25) is 14.0 Å². The number of carbonyl (C=O) groups excluding carboxylic acids is 6. The van der Waals surface area contributed by atoms with E-state index in [4.69, 9.17) is 5.73 Å². The Kier molecular flexibility index (Phi) is 17.4. The number of methoxy groups -OCH3 is 1. The number of carbonyl (C=O) groups is 5. The van der Waals surface area contributed by atoms with Gasteiger partial charge in [0.1, 0.15) is 11.3 Å². The molecule has 0 spiro atoms. The molecule has 2 N–H and O–H groups in total. The van der Waals surface area contributed by atoms with Crippen molar-refractivity contribution in [1.82, 2.24) is 0 Å². The van der Waals surface area contributed by atoms with Gasteiger partial charge in [0.25, 0.3) is 0 Å². The standard InChI is InChI=1S/C15H18O3.C12H14NO2.C4H6O3/c1-4-6-12(9-11(2)16)13-7-5-8-14(10-13)15(17)18-3;1-3-5-11(13)9-6-4-7-10(8-9)12(14)15-2;1-3(5)7-4(2)6/h4-5,7-8,10,12H,1,6,9H2,2-3H3;3-4,6-8,11H,1-2,5,13H2;1-2H3/q;+1;/t12-;11-;/m01./s1. The summed E-state index contributed by atoms with van der Waals surface area (Å²) in [6, 6.07) is 14.1. The molecule has 0 saturated carbocycles. The second kappa shape index (κ2) is 19.6. The summed E-state index contributed by atoms with van der Waals surface area (Å²) in [5.74, 6) is -1.74. The van der Waals surface area contributed by atoms with Gasteiger partial charge in [0, 0.05) is 26.3 Å². The molecule has 214 valence electrons. The lowest BCUT2D eigenvalue weighted by Gasteiger charge is -2.14. The van der Waals surface area contributed by atoms with Crippen LogP contribution in [0, 0.1) is 0 Å². The van der Waals surface area contributed by atoms with Crippen LogP contribution in [0.3, 0.4) is 0 Å². The lowest BCUT2D eigenvalue weighted by molar-refractivity contribution is -0.334. The predicted molar refractivity (Wildman–Crippen MR) is 153 cm³/mol. The SMILES string of the molecule is C=CC[C@@H](CC(C)=O)c1cccc(C(=O)OC)c1.C=CC[C@@H](N)c1cccc(C(=O)[O+]=C)c1.CC(=O)OC(C)=O. The van der Waals surface area contributed by atoms with Crippen LogP contribution < -0.4 is 5.73 Å². The summed E-state index contributed by atoms with van der Waals surface area (Å²) in [6.45, 7) is 14.3. The smallest absolute Gasteiger partial charge is 0.465 e. The lowest BCUT2D eigenvalue weighted by atomic mass is 9.90. The molecule has 2 aromatic carbocycles. The third-order valence-electron chi connectivity index (χ3n) is 5.15. The van der Waals surface area contributed by atoms with Crippen LogP contribution in [0.4, 0.5) is 0 Å². The van der Waals surface area contributed by atoms with Crippen LogP contribution in [0.25, 0.3) is 0 Å². The largest absolute Gasteiger partial charge is 0.612 e. The molecule has 0 fully saturated rings. The number of ether oxygens (including phenoxy) is 2. The topological polar surface area (TPSA) is 141 Å². The van der Waals surface area contributed by atoms with Gasteiger partial charge in [-0.25, -0.2) is 4.79 Å². The van der Waals surface area contributed by atoms with E-state index in [1.54, 1.807) is 55.5 Å². The summed E-state index contributed by atoms with van der Waals surface area (Å²) in [6.07, 6.45) is 5.37. The van der Waals surface area contributed by atoms with Gasteiger partial charge in [-0.05, 0) is 61.1 Å². The molecule has 0 heterocycles. The third-order valence-corrected chi connectivity index (χ3v) is 5.15. The van der Waals surface area contributed by atoms with E-state index in [2.05, 4.69) is 33.8 Å². The number of ketones is 1. The number of rotatable bonds is 10. The molecule has 0 saturated heterocycles. The van der Waals surface area contributed by atoms with Crippen molar-refractivity contribution < 1.29 is 37.9 Å². The van der Waals surface area contributed by atoms with Gasteiger partial charge < -0.3 is 20.0 Å². The number of allylic oxidation sites excluding steroid dienone is 1. The molecule has 0 radical (unpaired) electrons.